The molecule has 22 heavy (non-hydrogen) atoms. The molecule has 0 aliphatic carbocycles. The Morgan fingerprint density at radius 2 is 1.95 bits per heavy atom. The first kappa shape index (κ1) is 14.8. The molecule has 3 aromatic rings. The van der Waals surface area contributed by atoms with Crippen LogP contribution in [0.2, 0.25) is 0 Å². The summed E-state index contributed by atoms with van der Waals surface area (Å²) < 4.78 is 12.3. The van der Waals surface area contributed by atoms with Gasteiger partial charge in [0.15, 0.2) is 6.10 Å². The minimum absolute atomic E-state index is 0.254. The van der Waals surface area contributed by atoms with E-state index < -0.39 is 0 Å². The highest BCUT2D eigenvalue weighted by atomic mass is 79.9. The second-order valence-electron chi connectivity index (χ2n) is 4.79. The maximum absolute atomic E-state index is 5.92. The highest BCUT2D eigenvalue weighted by Crippen LogP contribution is 2.26. The molecule has 0 amide bonds. The van der Waals surface area contributed by atoms with Gasteiger partial charge >= 0.3 is 0 Å². The minimum atomic E-state index is -0.254. The van der Waals surface area contributed by atoms with Gasteiger partial charge in [0.05, 0.1) is 0 Å². The van der Waals surface area contributed by atoms with Gasteiger partial charge in [0.25, 0.3) is 5.89 Å². The van der Waals surface area contributed by atoms with Crippen molar-refractivity contribution in [3.63, 3.8) is 0 Å². The van der Waals surface area contributed by atoms with Crippen LogP contribution in [0.5, 0.6) is 5.75 Å². The Morgan fingerprint density at radius 1 is 1.14 bits per heavy atom. The van der Waals surface area contributed by atoms with E-state index in [0.717, 1.165) is 22.2 Å². The van der Waals surface area contributed by atoms with Gasteiger partial charge in [-0.2, -0.15) is 4.98 Å². The van der Waals surface area contributed by atoms with Crippen LogP contribution in [0.1, 0.15) is 25.3 Å². The molecule has 0 saturated carbocycles. The molecule has 112 valence electrons. The molecule has 0 radical (unpaired) electrons. The number of benzene rings is 2. The molecule has 0 fully saturated rings. The normalized spacial score (nSPS) is 12.1. The molecule has 5 heteroatoms. The fourth-order valence-electron chi connectivity index (χ4n) is 2.08. The summed E-state index contributed by atoms with van der Waals surface area (Å²) in [7, 11) is 0. The van der Waals surface area contributed by atoms with Crippen LogP contribution < -0.4 is 4.74 Å². The Balaban J connectivity index is 1.82. The molecule has 4 nitrogen and oxygen atoms in total. The predicted molar refractivity (Wildman–Crippen MR) is 87.5 cm³/mol. The van der Waals surface area contributed by atoms with Gasteiger partial charge in [-0.15, -0.1) is 0 Å². The standard InChI is InChI=1S/C17H15BrN2O2/c1-2-15(21-14-9-4-3-5-10-14)17-19-16(20-22-17)12-7-6-8-13(18)11-12/h3-11,15H,2H2,1H3/t15-/m0/s1. The van der Waals surface area contributed by atoms with Crippen LogP contribution in [0.15, 0.2) is 63.6 Å². The van der Waals surface area contributed by atoms with Crippen molar-refractivity contribution in [2.75, 3.05) is 0 Å². The summed E-state index contributed by atoms with van der Waals surface area (Å²) in [5.74, 6) is 1.84. The number of nitrogens with zero attached hydrogens (tertiary/aromatic N) is 2. The number of aromatic nitrogens is 2. The predicted octanol–water partition coefficient (Wildman–Crippen LogP) is 5.03. The van der Waals surface area contributed by atoms with E-state index in [-0.39, 0.29) is 6.10 Å². The first-order valence-corrected chi connectivity index (χ1v) is 7.87. The molecule has 0 bridgehead atoms. The fourth-order valence-corrected chi connectivity index (χ4v) is 2.48. The fraction of sp³-hybridized carbons (Fsp3) is 0.176. The molecule has 1 heterocycles. The zero-order chi connectivity index (χ0) is 15.4. The van der Waals surface area contributed by atoms with Crippen LogP contribution >= 0.6 is 15.9 Å². The summed E-state index contributed by atoms with van der Waals surface area (Å²) >= 11 is 3.44. The summed E-state index contributed by atoms with van der Waals surface area (Å²) in [6.07, 6.45) is 0.491. The third-order valence-electron chi connectivity index (χ3n) is 3.19. The molecule has 2 aromatic carbocycles. The van der Waals surface area contributed by atoms with Gasteiger partial charge in [-0.25, -0.2) is 0 Å². The van der Waals surface area contributed by atoms with E-state index in [1.165, 1.54) is 0 Å². The third kappa shape index (κ3) is 3.36. The van der Waals surface area contributed by atoms with Crippen molar-refractivity contribution in [3.8, 4) is 17.1 Å². The molecule has 0 N–H and O–H groups in total. The number of halogens is 1. The molecule has 1 atom stereocenters. The molecule has 0 aliphatic heterocycles. The lowest BCUT2D eigenvalue weighted by Gasteiger charge is -2.13. The van der Waals surface area contributed by atoms with Gasteiger partial charge in [-0.1, -0.05) is 58.3 Å². The Bertz CT molecular complexity index is 743. The maximum Gasteiger partial charge on any atom is 0.268 e. The van der Waals surface area contributed by atoms with Crippen molar-refractivity contribution < 1.29 is 9.26 Å². The first-order chi connectivity index (χ1) is 10.8. The van der Waals surface area contributed by atoms with E-state index in [0.29, 0.717) is 11.7 Å². The van der Waals surface area contributed by atoms with E-state index in [4.69, 9.17) is 9.26 Å². The monoisotopic (exact) mass is 358 g/mol. The molecule has 0 unspecified atom stereocenters. The summed E-state index contributed by atoms with van der Waals surface area (Å²) in [6.45, 7) is 2.02. The van der Waals surface area contributed by atoms with Gasteiger partial charge in [0.1, 0.15) is 5.75 Å². The van der Waals surface area contributed by atoms with Crippen LogP contribution in [0.4, 0.5) is 0 Å². The van der Waals surface area contributed by atoms with Crippen molar-refractivity contribution in [1.82, 2.24) is 10.1 Å². The van der Waals surface area contributed by atoms with Crippen molar-refractivity contribution in [3.05, 3.63) is 65.0 Å². The van der Waals surface area contributed by atoms with Gasteiger partial charge in [0.2, 0.25) is 5.82 Å². The Morgan fingerprint density at radius 3 is 2.68 bits per heavy atom. The lowest BCUT2D eigenvalue weighted by molar-refractivity contribution is 0.154. The van der Waals surface area contributed by atoms with E-state index in [9.17, 15) is 0 Å². The quantitative estimate of drug-likeness (QED) is 0.641. The number of rotatable bonds is 5. The molecular formula is C17H15BrN2O2. The Kier molecular flexibility index (Phi) is 4.53. The summed E-state index contributed by atoms with van der Waals surface area (Å²) in [6, 6.07) is 17.4. The second kappa shape index (κ2) is 6.75. The molecule has 1 aromatic heterocycles. The average Bonchev–Trinajstić information content (AvgIpc) is 3.03. The lowest BCUT2D eigenvalue weighted by atomic mass is 10.2. The van der Waals surface area contributed by atoms with Crippen LogP contribution in [-0.2, 0) is 0 Å². The van der Waals surface area contributed by atoms with Crippen LogP contribution in [0.3, 0.4) is 0 Å². The van der Waals surface area contributed by atoms with Crippen molar-refractivity contribution in [2.24, 2.45) is 0 Å². The molecule has 0 aliphatic rings. The van der Waals surface area contributed by atoms with Gasteiger partial charge < -0.3 is 9.26 Å². The number of hydrogen-bond acceptors (Lipinski definition) is 4. The van der Waals surface area contributed by atoms with E-state index in [2.05, 4.69) is 26.1 Å². The highest BCUT2D eigenvalue weighted by Gasteiger charge is 2.19. The SMILES string of the molecule is CC[C@H](Oc1ccccc1)c1nc(-c2cccc(Br)c2)no1. The smallest absolute Gasteiger partial charge is 0.268 e. The van der Waals surface area contributed by atoms with Gasteiger partial charge in [-0.3, -0.25) is 0 Å². The average molecular weight is 359 g/mol. The zero-order valence-corrected chi connectivity index (χ0v) is 13.7. The highest BCUT2D eigenvalue weighted by molar-refractivity contribution is 9.10. The van der Waals surface area contributed by atoms with Gasteiger partial charge in [-0.05, 0) is 30.7 Å². The summed E-state index contributed by atoms with van der Waals surface area (Å²) in [5, 5.41) is 4.05. The summed E-state index contributed by atoms with van der Waals surface area (Å²) in [4.78, 5) is 4.47. The largest absolute Gasteiger partial charge is 0.481 e. The Labute approximate surface area is 137 Å². The third-order valence-corrected chi connectivity index (χ3v) is 3.69. The van der Waals surface area contributed by atoms with Crippen molar-refractivity contribution in [2.45, 2.75) is 19.4 Å². The molecule has 3 rings (SSSR count). The van der Waals surface area contributed by atoms with E-state index >= 15 is 0 Å². The lowest BCUT2D eigenvalue weighted by Crippen LogP contribution is -2.06. The second-order valence-corrected chi connectivity index (χ2v) is 5.71. The van der Waals surface area contributed by atoms with Crippen LogP contribution in [0.25, 0.3) is 11.4 Å². The van der Waals surface area contributed by atoms with Crippen molar-refractivity contribution in [1.29, 1.82) is 0 Å². The molecule has 0 saturated heterocycles. The Hall–Kier alpha value is -2.14. The molecular weight excluding hydrogens is 344 g/mol. The van der Waals surface area contributed by atoms with E-state index in [1.54, 1.807) is 0 Å². The van der Waals surface area contributed by atoms with Crippen molar-refractivity contribution >= 4 is 15.9 Å². The molecule has 0 spiro atoms. The number of para-hydroxylation sites is 1. The van der Waals surface area contributed by atoms with Crippen LogP contribution in [-0.4, -0.2) is 10.1 Å². The summed E-state index contributed by atoms with van der Waals surface area (Å²) in [5.41, 5.74) is 0.902. The minimum Gasteiger partial charge on any atom is -0.481 e. The van der Waals surface area contributed by atoms with Crippen LogP contribution in [0, 0.1) is 0 Å². The van der Waals surface area contributed by atoms with E-state index in [1.807, 2.05) is 61.5 Å². The number of ether oxygens (including phenoxy) is 1. The number of hydrogen-bond donors (Lipinski definition) is 0. The topological polar surface area (TPSA) is 48.2 Å². The first-order valence-electron chi connectivity index (χ1n) is 7.07. The zero-order valence-electron chi connectivity index (χ0n) is 12.1. The maximum atomic E-state index is 5.92. The van der Waals surface area contributed by atoms with Gasteiger partial charge in [0, 0.05) is 10.0 Å².